The Morgan fingerprint density at radius 1 is 1.00 bits per heavy atom. The molecule has 2 aromatic carbocycles. The van der Waals surface area contributed by atoms with E-state index >= 15 is 0 Å². The van der Waals surface area contributed by atoms with Gasteiger partial charge in [0.05, 0.1) is 6.10 Å². The molecule has 1 saturated heterocycles. The van der Waals surface area contributed by atoms with Gasteiger partial charge in [-0.15, -0.1) is 0 Å². The highest BCUT2D eigenvalue weighted by molar-refractivity contribution is 9.10. The lowest BCUT2D eigenvalue weighted by atomic mass is 9.92. The molecule has 4 heteroatoms. The zero-order valence-electron chi connectivity index (χ0n) is 14.5. The number of ether oxygens (including phenoxy) is 3. The number of hydrogen-bond acceptors (Lipinski definition) is 3. The average Bonchev–Trinajstić information content (AvgIpc) is 2.63. The minimum absolute atomic E-state index is 0.218. The molecule has 0 amide bonds. The SMILES string of the molecule is C[C@H]1CCO[C@@H](c2ccc(Br)c(Cc3ccc4c(c3)OCCO4)c2)C1. The van der Waals surface area contributed by atoms with Gasteiger partial charge in [0.25, 0.3) is 0 Å². The first-order valence-corrected chi connectivity index (χ1v) is 9.77. The van der Waals surface area contributed by atoms with Crippen LogP contribution in [-0.4, -0.2) is 19.8 Å². The predicted molar refractivity (Wildman–Crippen MR) is 101 cm³/mol. The minimum Gasteiger partial charge on any atom is -0.486 e. The first kappa shape index (κ1) is 16.9. The third-order valence-electron chi connectivity index (χ3n) is 4.99. The molecule has 0 N–H and O–H groups in total. The Kier molecular flexibility index (Phi) is 5.00. The average molecular weight is 403 g/mol. The Labute approximate surface area is 157 Å². The molecular weight excluding hydrogens is 380 g/mol. The fraction of sp³-hybridized carbons (Fsp3) is 0.429. The third-order valence-corrected chi connectivity index (χ3v) is 5.76. The molecular formula is C21H23BrO3. The molecule has 2 atom stereocenters. The third kappa shape index (κ3) is 3.85. The van der Waals surface area contributed by atoms with Gasteiger partial charge in [-0.2, -0.15) is 0 Å². The lowest BCUT2D eigenvalue weighted by molar-refractivity contribution is -0.00637. The Bertz CT molecular complexity index is 759. The molecule has 3 nitrogen and oxygen atoms in total. The van der Waals surface area contributed by atoms with Crippen molar-refractivity contribution >= 4 is 15.9 Å². The largest absolute Gasteiger partial charge is 0.486 e. The summed E-state index contributed by atoms with van der Waals surface area (Å²) >= 11 is 3.70. The van der Waals surface area contributed by atoms with Crippen molar-refractivity contribution in [1.82, 2.24) is 0 Å². The molecule has 0 aliphatic carbocycles. The molecule has 0 unspecified atom stereocenters. The number of hydrogen-bond donors (Lipinski definition) is 0. The first-order valence-electron chi connectivity index (χ1n) is 8.97. The Morgan fingerprint density at radius 2 is 1.84 bits per heavy atom. The molecule has 4 rings (SSSR count). The van der Waals surface area contributed by atoms with Gasteiger partial charge in [0.2, 0.25) is 0 Å². The second-order valence-electron chi connectivity index (χ2n) is 6.99. The number of fused-ring (bicyclic) bond motifs is 1. The van der Waals surface area contributed by atoms with Crippen LogP contribution >= 0.6 is 15.9 Å². The van der Waals surface area contributed by atoms with Gasteiger partial charge in [0.15, 0.2) is 11.5 Å². The Morgan fingerprint density at radius 3 is 2.68 bits per heavy atom. The number of halogens is 1. The molecule has 2 heterocycles. The molecule has 2 aliphatic rings. The minimum atomic E-state index is 0.218. The van der Waals surface area contributed by atoms with Crippen molar-refractivity contribution in [3.8, 4) is 11.5 Å². The summed E-state index contributed by atoms with van der Waals surface area (Å²) in [5.41, 5.74) is 3.78. The van der Waals surface area contributed by atoms with Crippen LogP contribution < -0.4 is 9.47 Å². The van der Waals surface area contributed by atoms with Crippen LogP contribution in [0.25, 0.3) is 0 Å². The molecule has 0 spiro atoms. The van der Waals surface area contributed by atoms with E-state index in [9.17, 15) is 0 Å². The van der Waals surface area contributed by atoms with Gasteiger partial charge < -0.3 is 14.2 Å². The summed E-state index contributed by atoms with van der Waals surface area (Å²) < 4.78 is 18.5. The number of benzene rings is 2. The van der Waals surface area contributed by atoms with Crippen LogP contribution in [0, 0.1) is 5.92 Å². The second kappa shape index (κ2) is 7.38. The zero-order valence-corrected chi connectivity index (χ0v) is 16.1. The van der Waals surface area contributed by atoms with E-state index in [1.54, 1.807) is 0 Å². The van der Waals surface area contributed by atoms with Crippen molar-refractivity contribution in [2.45, 2.75) is 32.3 Å². The van der Waals surface area contributed by atoms with Crippen molar-refractivity contribution in [3.63, 3.8) is 0 Å². The van der Waals surface area contributed by atoms with Gasteiger partial charge in [-0.3, -0.25) is 0 Å². The summed E-state index contributed by atoms with van der Waals surface area (Å²) in [5, 5.41) is 0. The lowest BCUT2D eigenvalue weighted by Crippen LogP contribution is -2.18. The van der Waals surface area contributed by atoms with E-state index < -0.39 is 0 Å². The van der Waals surface area contributed by atoms with Crippen molar-refractivity contribution in [2.24, 2.45) is 5.92 Å². The van der Waals surface area contributed by atoms with E-state index in [4.69, 9.17) is 14.2 Å². The van der Waals surface area contributed by atoms with Crippen LogP contribution in [0.15, 0.2) is 40.9 Å². The molecule has 0 aromatic heterocycles. The highest BCUT2D eigenvalue weighted by atomic mass is 79.9. The fourth-order valence-electron chi connectivity index (χ4n) is 3.54. The van der Waals surface area contributed by atoms with E-state index in [1.807, 2.05) is 6.07 Å². The predicted octanol–water partition coefficient (Wildman–Crippen LogP) is 5.30. The monoisotopic (exact) mass is 402 g/mol. The van der Waals surface area contributed by atoms with Gasteiger partial charge in [-0.05, 0) is 60.1 Å². The summed E-state index contributed by atoms with van der Waals surface area (Å²) in [6.07, 6.45) is 3.34. The maximum atomic E-state index is 6.00. The van der Waals surface area contributed by atoms with Crippen LogP contribution in [0.1, 0.15) is 42.6 Å². The number of rotatable bonds is 3. The highest BCUT2D eigenvalue weighted by Gasteiger charge is 2.22. The van der Waals surface area contributed by atoms with Gasteiger partial charge >= 0.3 is 0 Å². The summed E-state index contributed by atoms with van der Waals surface area (Å²) in [5.74, 6) is 2.41. The molecule has 132 valence electrons. The lowest BCUT2D eigenvalue weighted by Gasteiger charge is -2.28. The van der Waals surface area contributed by atoms with Gasteiger partial charge in [-0.1, -0.05) is 41.1 Å². The maximum absolute atomic E-state index is 6.00. The maximum Gasteiger partial charge on any atom is 0.161 e. The quantitative estimate of drug-likeness (QED) is 0.696. The highest BCUT2D eigenvalue weighted by Crippen LogP contribution is 2.35. The molecule has 1 fully saturated rings. The van der Waals surface area contributed by atoms with Gasteiger partial charge in [-0.25, -0.2) is 0 Å². The van der Waals surface area contributed by atoms with Crippen molar-refractivity contribution in [1.29, 1.82) is 0 Å². The van der Waals surface area contributed by atoms with Crippen LogP contribution in [0.4, 0.5) is 0 Å². The van der Waals surface area contributed by atoms with E-state index in [1.165, 1.54) is 16.7 Å². The van der Waals surface area contributed by atoms with Gasteiger partial charge in [0.1, 0.15) is 13.2 Å². The van der Waals surface area contributed by atoms with Crippen molar-refractivity contribution < 1.29 is 14.2 Å². The Hall–Kier alpha value is -1.52. The van der Waals surface area contributed by atoms with Crippen LogP contribution in [0.3, 0.4) is 0 Å². The molecule has 0 bridgehead atoms. The normalized spacial score (nSPS) is 22.6. The zero-order chi connectivity index (χ0) is 17.2. The first-order chi connectivity index (χ1) is 12.2. The molecule has 2 aromatic rings. The van der Waals surface area contributed by atoms with Gasteiger partial charge in [0, 0.05) is 11.1 Å². The second-order valence-corrected chi connectivity index (χ2v) is 7.85. The van der Waals surface area contributed by atoms with Crippen molar-refractivity contribution in [3.05, 3.63) is 57.6 Å². The molecule has 0 radical (unpaired) electrons. The van der Waals surface area contributed by atoms with E-state index in [0.29, 0.717) is 13.2 Å². The summed E-state index contributed by atoms with van der Waals surface area (Å²) in [4.78, 5) is 0. The van der Waals surface area contributed by atoms with E-state index in [0.717, 1.165) is 47.8 Å². The van der Waals surface area contributed by atoms with E-state index in [2.05, 4.69) is 53.2 Å². The summed E-state index contributed by atoms with van der Waals surface area (Å²) in [6.45, 7) is 4.41. The van der Waals surface area contributed by atoms with E-state index in [-0.39, 0.29) is 6.10 Å². The van der Waals surface area contributed by atoms with Crippen LogP contribution in [-0.2, 0) is 11.2 Å². The molecule has 0 saturated carbocycles. The molecule has 2 aliphatic heterocycles. The molecule has 25 heavy (non-hydrogen) atoms. The summed E-state index contributed by atoms with van der Waals surface area (Å²) in [7, 11) is 0. The standard InChI is InChI=1S/C21H23BrO3/c1-14-6-7-23-20(10-14)16-3-4-18(22)17(13-16)11-15-2-5-19-21(12-15)25-9-8-24-19/h2-5,12-14,20H,6-11H2,1H3/t14-,20+/m0/s1. The van der Waals surface area contributed by atoms with Crippen LogP contribution in [0.2, 0.25) is 0 Å². The fourth-order valence-corrected chi connectivity index (χ4v) is 3.93. The smallest absolute Gasteiger partial charge is 0.161 e. The Balaban J connectivity index is 1.56. The van der Waals surface area contributed by atoms with Crippen LogP contribution in [0.5, 0.6) is 11.5 Å². The summed E-state index contributed by atoms with van der Waals surface area (Å²) in [6, 6.07) is 12.8. The van der Waals surface area contributed by atoms with Crippen molar-refractivity contribution in [2.75, 3.05) is 19.8 Å². The topological polar surface area (TPSA) is 27.7 Å².